The van der Waals surface area contributed by atoms with Gasteiger partial charge in [-0.1, -0.05) is 87.1 Å². The van der Waals surface area contributed by atoms with Gasteiger partial charge in [-0.25, -0.2) is 0 Å². The average Bonchev–Trinajstić information content (AvgIpc) is 2.22. The summed E-state index contributed by atoms with van der Waals surface area (Å²) in [4.78, 5) is 0. The molecule has 0 saturated carbocycles. The maximum Gasteiger partial charge on any atom is -0.0398 e. The largest absolute Gasteiger partial charge is 0.0776 e. The molecule has 0 saturated heterocycles. The molecule has 0 fully saturated rings. The van der Waals surface area contributed by atoms with Gasteiger partial charge in [0.25, 0.3) is 0 Å². The minimum atomic E-state index is 0. The van der Waals surface area contributed by atoms with Crippen LogP contribution >= 0.6 is 0 Å². The highest BCUT2D eigenvalue weighted by atomic mass is 13.8. The molecule has 0 heterocycles. The van der Waals surface area contributed by atoms with Crippen molar-refractivity contribution in [2.45, 2.75) is 21.8 Å². The molecule has 0 aliphatic rings. The van der Waals surface area contributed by atoms with Crippen LogP contribution in [0.25, 0.3) is 0 Å². The zero-order valence-electron chi connectivity index (χ0n) is 7.85. The predicted octanol–water partition coefficient (Wildman–Crippen LogP) is 4.95. The highest BCUT2D eigenvalue weighted by Gasteiger charge is 1.72. The van der Waals surface area contributed by atoms with Crippen molar-refractivity contribution in [1.29, 1.82) is 0 Å². The smallest absolute Gasteiger partial charge is 0.0398 e. The molecule has 0 atom stereocenters. The molecule has 0 nitrogen and oxygen atoms in total. The second-order valence-corrected chi connectivity index (χ2v) is 2.81. The van der Waals surface area contributed by atoms with E-state index in [4.69, 9.17) is 0 Å². The van der Waals surface area contributed by atoms with Crippen molar-refractivity contribution in [2.75, 3.05) is 0 Å². The summed E-state index contributed by atoms with van der Waals surface area (Å²) in [5.41, 5.74) is 1.32. The fraction of sp³-hybridized carbons (Fsp3) is 0.200. The molecule has 82 valence electrons. The molecule has 2 aromatic rings. The summed E-state index contributed by atoms with van der Waals surface area (Å²) >= 11 is 0. The molecule has 2 rings (SSSR count). The number of aryl methyl sites for hydroxylation is 1. The second kappa shape index (κ2) is 10.5. The summed E-state index contributed by atoms with van der Waals surface area (Å²) in [5, 5.41) is 0. The van der Waals surface area contributed by atoms with E-state index < -0.39 is 0 Å². The van der Waals surface area contributed by atoms with E-state index >= 15 is 0 Å². The Labute approximate surface area is 94.6 Å². The van der Waals surface area contributed by atoms with Crippen LogP contribution in [0, 0.1) is 6.92 Å². The quantitative estimate of drug-likeness (QED) is 0.566. The summed E-state index contributed by atoms with van der Waals surface area (Å²) in [5.74, 6) is 0. The van der Waals surface area contributed by atoms with E-state index in [9.17, 15) is 0 Å². The Morgan fingerprint density at radius 3 is 1.00 bits per heavy atom. The van der Waals surface area contributed by atoms with Crippen molar-refractivity contribution in [3.8, 4) is 0 Å². The minimum Gasteiger partial charge on any atom is -0.0776 e. The molecule has 0 radical (unpaired) electrons. The average molecular weight is 202 g/mol. The number of benzene rings is 2. The van der Waals surface area contributed by atoms with Gasteiger partial charge >= 0.3 is 0 Å². The molecule has 0 amide bonds. The molecule has 0 heteroatoms. The Kier molecular flexibility index (Phi) is 11.1. The van der Waals surface area contributed by atoms with Crippen molar-refractivity contribution in [2.24, 2.45) is 0 Å². The molecule has 0 aliphatic heterocycles. The first-order chi connectivity index (χ1) is 6.39. The SMILES string of the molecule is C.C.Cc1ccccc1.c1ccccc1. The lowest BCUT2D eigenvalue weighted by molar-refractivity contribution is 1.48. The first kappa shape index (κ1) is 15.9. The monoisotopic (exact) mass is 202 g/mol. The Morgan fingerprint density at radius 1 is 0.533 bits per heavy atom. The van der Waals surface area contributed by atoms with E-state index in [0.717, 1.165) is 0 Å². The van der Waals surface area contributed by atoms with Crippen molar-refractivity contribution in [1.82, 2.24) is 0 Å². The fourth-order valence-electron chi connectivity index (χ4n) is 0.919. The van der Waals surface area contributed by atoms with E-state index in [1.165, 1.54) is 5.56 Å². The van der Waals surface area contributed by atoms with E-state index in [1.54, 1.807) is 0 Å². The molecule has 15 heavy (non-hydrogen) atoms. The summed E-state index contributed by atoms with van der Waals surface area (Å²) < 4.78 is 0. The first-order valence-corrected chi connectivity index (χ1v) is 4.41. The standard InChI is InChI=1S/C7H8.C6H6.2CH4/c1-7-5-3-2-4-6-7;1-2-4-6-5-3-1;;/h2-6H,1H3;1-6H;2*1H4. The van der Waals surface area contributed by atoms with Gasteiger partial charge in [0.05, 0.1) is 0 Å². The lowest BCUT2D eigenvalue weighted by Gasteiger charge is -1.82. The van der Waals surface area contributed by atoms with Crippen LogP contribution in [0.3, 0.4) is 0 Å². The summed E-state index contributed by atoms with van der Waals surface area (Å²) in [6, 6.07) is 22.3. The van der Waals surface area contributed by atoms with Crippen LogP contribution in [-0.2, 0) is 0 Å². The fourth-order valence-corrected chi connectivity index (χ4v) is 0.919. The number of rotatable bonds is 0. The third-order valence-electron chi connectivity index (χ3n) is 1.61. The van der Waals surface area contributed by atoms with Crippen molar-refractivity contribution < 1.29 is 0 Å². The maximum atomic E-state index is 2.08. The van der Waals surface area contributed by atoms with Gasteiger partial charge in [0.2, 0.25) is 0 Å². The first-order valence-electron chi connectivity index (χ1n) is 4.41. The minimum absolute atomic E-state index is 0. The molecular formula is C15H22. The molecule has 0 bridgehead atoms. The zero-order valence-corrected chi connectivity index (χ0v) is 7.85. The molecule has 0 N–H and O–H groups in total. The molecule has 0 aromatic heterocycles. The van der Waals surface area contributed by atoms with E-state index in [1.807, 2.05) is 54.6 Å². The normalized spacial score (nSPS) is 7.27. The van der Waals surface area contributed by atoms with E-state index in [2.05, 4.69) is 19.1 Å². The molecular weight excluding hydrogens is 180 g/mol. The Bertz CT molecular complexity index is 271. The summed E-state index contributed by atoms with van der Waals surface area (Å²) in [6.07, 6.45) is 0. The number of hydrogen-bond donors (Lipinski definition) is 0. The Morgan fingerprint density at radius 2 is 0.800 bits per heavy atom. The molecule has 0 unspecified atom stereocenters. The van der Waals surface area contributed by atoms with Crippen LogP contribution in [0.4, 0.5) is 0 Å². The second-order valence-electron chi connectivity index (χ2n) is 2.81. The van der Waals surface area contributed by atoms with Crippen LogP contribution in [0.2, 0.25) is 0 Å². The summed E-state index contributed by atoms with van der Waals surface area (Å²) in [6.45, 7) is 2.08. The maximum absolute atomic E-state index is 2.08. The van der Waals surface area contributed by atoms with Gasteiger partial charge in [0.15, 0.2) is 0 Å². The lowest BCUT2D eigenvalue weighted by atomic mass is 10.2. The third kappa shape index (κ3) is 8.76. The topological polar surface area (TPSA) is 0 Å². The van der Waals surface area contributed by atoms with Crippen LogP contribution in [0.1, 0.15) is 20.4 Å². The van der Waals surface area contributed by atoms with Gasteiger partial charge in [0.1, 0.15) is 0 Å². The van der Waals surface area contributed by atoms with Gasteiger partial charge in [-0.3, -0.25) is 0 Å². The van der Waals surface area contributed by atoms with E-state index in [-0.39, 0.29) is 14.9 Å². The molecule has 0 aliphatic carbocycles. The zero-order chi connectivity index (χ0) is 9.36. The Hall–Kier alpha value is -1.56. The summed E-state index contributed by atoms with van der Waals surface area (Å²) in [7, 11) is 0. The van der Waals surface area contributed by atoms with Crippen LogP contribution in [0.5, 0.6) is 0 Å². The van der Waals surface area contributed by atoms with Crippen LogP contribution in [0.15, 0.2) is 66.7 Å². The highest BCUT2D eigenvalue weighted by Crippen LogP contribution is 1.92. The van der Waals surface area contributed by atoms with Crippen LogP contribution in [-0.4, -0.2) is 0 Å². The van der Waals surface area contributed by atoms with Gasteiger partial charge in [-0.05, 0) is 6.92 Å². The van der Waals surface area contributed by atoms with Crippen LogP contribution < -0.4 is 0 Å². The Balaban J connectivity index is 0. The molecule has 2 aromatic carbocycles. The lowest BCUT2D eigenvalue weighted by Crippen LogP contribution is -1.62. The van der Waals surface area contributed by atoms with Crippen molar-refractivity contribution in [3.05, 3.63) is 72.3 Å². The predicted molar refractivity (Wildman–Crippen MR) is 71.1 cm³/mol. The number of hydrogen-bond acceptors (Lipinski definition) is 0. The molecule has 0 spiro atoms. The highest BCUT2D eigenvalue weighted by molar-refractivity contribution is 5.11. The van der Waals surface area contributed by atoms with Gasteiger partial charge in [-0.15, -0.1) is 0 Å². The van der Waals surface area contributed by atoms with E-state index in [0.29, 0.717) is 0 Å². The van der Waals surface area contributed by atoms with Crippen molar-refractivity contribution in [3.63, 3.8) is 0 Å². The van der Waals surface area contributed by atoms with Gasteiger partial charge in [-0.2, -0.15) is 0 Å². The van der Waals surface area contributed by atoms with Crippen molar-refractivity contribution >= 4 is 0 Å². The van der Waals surface area contributed by atoms with Gasteiger partial charge < -0.3 is 0 Å². The third-order valence-corrected chi connectivity index (χ3v) is 1.61. The van der Waals surface area contributed by atoms with Gasteiger partial charge in [0, 0.05) is 0 Å².